The van der Waals surface area contributed by atoms with E-state index < -0.39 is 11.8 Å². The van der Waals surface area contributed by atoms with Gasteiger partial charge in [0.15, 0.2) is 5.11 Å². The van der Waals surface area contributed by atoms with Crippen molar-refractivity contribution in [2.75, 3.05) is 19.1 Å². The van der Waals surface area contributed by atoms with E-state index in [4.69, 9.17) is 21.7 Å². The maximum atomic E-state index is 12.9. The normalized spacial score (nSPS) is 15.8. The van der Waals surface area contributed by atoms with E-state index >= 15 is 0 Å². The van der Waals surface area contributed by atoms with Crippen molar-refractivity contribution in [2.45, 2.75) is 0 Å². The van der Waals surface area contributed by atoms with Crippen LogP contribution in [0.3, 0.4) is 0 Å². The molecule has 1 N–H and O–H groups in total. The number of para-hydroxylation sites is 1. The van der Waals surface area contributed by atoms with E-state index in [0.29, 0.717) is 22.7 Å². The van der Waals surface area contributed by atoms with E-state index in [0.717, 1.165) is 0 Å². The number of carbonyl (C=O) groups is 2. The number of rotatable bonds is 4. The molecule has 1 saturated heterocycles. The molecule has 0 aromatic heterocycles. The number of thiocarbonyl (C=S) groups is 1. The molecule has 0 aliphatic carbocycles. The Labute approximate surface area is 156 Å². The highest BCUT2D eigenvalue weighted by Gasteiger charge is 2.34. The molecule has 26 heavy (non-hydrogen) atoms. The summed E-state index contributed by atoms with van der Waals surface area (Å²) in [5.41, 5.74) is 1.12. The first-order valence-electron chi connectivity index (χ1n) is 7.73. The minimum Gasteiger partial charge on any atom is -0.497 e. The number of benzene rings is 2. The van der Waals surface area contributed by atoms with Crippen LogP contribution in [0.2, 0.25) is 0 Å². The number of ether oxygens (including phenoxy) is 2. The number of nitrogens with zero attached hydrogens (tertiary/aromatic N) is 1. The molecule has 0 unspecified atom stereocenters. The summed E-state index contributed by atoms with van der Waals surface area (Å²) >= 11 is 5.17. The molecule has 0 radical (unpaired) electrons. The smallest absolute Gasteiger partial charge is 0.270 e. The molecule has 7 heteroatoms. The minimum absolute atomic E-state index is 0.0362. The molecule has 0 spiro atoms. The molecule has 1 aliphatic rings. The third kappa shape index (κ3) is 3.29. The minimum atomic E-state index is -0.551. The van der Waals surface area contributed by atoms with Crippen LogP contribution in [0.5, 0.6) is 11.5 Å². The fourth-order valence-electron chi connectivity index (χ4n) is 2.56. The van der Waals surface area contributed by atoms with Crippen LogP contribution in [0, 0.1) is 0 Å². The van der Waals surface area contributed by atoms with E-state index in [1.807, 2.05) is 6.07 Å². The summed E-state index contributed by atoms with van der Waals surface area (Å²) in [6.07, 6.45) is 1.48. The molecular formula is C19H16N2O4S. The van der Waals surface area contributed by atoms with Gasteiger partial charge in [-0.05, 0) is 42.6 Å². The lowest BCUT2D eigenvalue weighted by Crippen LogP contribution is -2.54. The second-order valence-electron chi connectivity index (χ2n) is 5.40. The van der Waals surface area contributed by atoms with Crippen molar-refractivity contribution >= 4 is 40.9 Å². The third-order valence-electron chi connectivity index (χ3n) is 3.86. The van der Waals surface area contributed by atoms with Crippen LogP contribution in [0.1, 0.15) is 5.56 Å². The fraction of sp³-hybridized carbons (Fsp3) is 0.105. The molecule has 2 amide bonds. The Morgan fingerprint density at radius 2 is 1.77 bits per heavy atom. The van der Waals surface area contributed by atoms with Gasteiger partial charge < -0.3 is 9.47 Å². The number of anilines is 1. The average molecular weight is 368 g/mol. The predicted octanol–water partition coefficient (Wildman–Crippen LogP) is 2.54. The zero-order valence-electron chi connectivity index (χ0n) is 14.2. The van der Waals surface area contributed by atoms with Gasteiger partial charge in [0.25, 0.3) is 11.8 Å². The SMILES string of the molecule is COc1ccc(C=C2C(=O)NC(=S)N(c3ccccc3)C2=O)c(OC)c1. The highest BCUT2D eigenvalue weighted by atomic mass is 32.1. The first-order valence-corrected chi connectivity index (χ1v) is 8.14. The van der Waals surface area contributed by atoms with Gasteiger partial charge in [-0.25, -0.2) is 0 Å². The average Bonchev–Trinajstić information content (AvgIpc) is 2.65. The maximum Gasteiger partial charge on any atom is 0.270 e. The van der Waals surface area contributed by atoms with Crippen molar-refractivity contribution < 1.29 is 19.1 Å². The Morgan fingerprint density at radius 3 is 2.42 bits per heavy atom. The number of carbonyl (C=O) groups excluding carboxylic acids is 2. The molecule has 0 atom stereocenters. The van der Waals surface area contributed by atoms with Crippen molar-refractivity contribution in [1.82, 2.24) is 5.32 Å². The molecule has 1 aliphatic heterocycles. The van der Waals surface area contributed by atoms with Crippen LogP contribution in [-0.2, 0) is 9.59 Å². The van der Waals surface area contributed by atoms with Gasteiger partial charge in [-0.3, -0.25) is 19.8 Å². The first-order chi connectivity index (χ1) is 12.5. The second kappa shape index (κ2) is 7.37. The summed E-state index contributed by atoms with van der Waals surface area (Å²) < 4.78 is 10.5. The standard InChI is InChI=1S/C19H16N2O4S/c1-24-14-9-8-12(16(11-14)25-2)10-15-17(22)20-19(26)21(18(15)23)13-6-4-3-5-7-13/h3-11H,1-2H3,(H,20,22,26). The molecule has 2 aromatic carbocycles. The Bertz CT molecular complexity index is 909. The molecule has 2 aromatic rings. The van der Waals surface area contributed by atoms with Gasteiger partial charge in [0, 0.05) is 11.6 Å². The molecular weight excluding hydrogens is 352 g/mol. The van der Waals surface area contributed by atoms with Crippen LogP contribution in [0.25, 0.3) is 6.08 Å². The Morgan fingerprint density at radius 1 is 1.04 bits per heavy atom. The van der Waals surface area contributed by atoms with E-state index in [2.05, 4.69) is 5.32 Å². The van der Waals surface area contributed by atoms with Gasteiger partial charge >= 0.3 is 0 Å². The van der Waals surface area contributed by atoms with Gasteiger partial charge in [-0.15, -0.1) is 0 Å². The number of hydrogen-bond acceptors (Lipinski definition) is 5. The third-order valence-corrected chi connectivity index (χ3v) is 4.14. The molecule has 1 heterocycles. The molecule has 0 bridgehead atoms. The molecule has 0 saturated carbocycles. The topological polar surface area (TPSA) is 67.9 Å². The van der Waals surface area contributed by atoms with Gasteiger partial charge in [0.05, 0.1) is 19.9 Å². The Kier molecular flexibility index (Phi) is 4.99. The lowest BCUT2D eigenvalue weighted by molar-refractivity contribution is -0.122. The second-order valence-corrected chi connectivity index (χ2v) is 5.79. The van der Waals surface area contributed by atoms with Gasteiger partial charge in [0.2, 0.25) is 0 Å². The summed E-state index contributed by atoms with van der Waals surface area (Å²) in [6, 6.07) is 14.0. The highest BCUT2D eigenvalue weighted by molar-refractivity contribution is 7.80. The Balaban J connectivity index is 2.04. The molecule has 3 rings (SSSR count). The molecule has 1 fully saturated rings. The number of hydrogen-bond donors (Lipinski definition) is 1. The number of methoxy groups -OCH3 is 2. The zero-order valence-corrected chi connectivity index (χ0v) is 15.0. The van der Waals surface area contributed by atoms with Crippen molar-refractivity contribution in [2.24, 2.45) is 0 Å². The maximum absolute atomic E-state index is 12.9. The largest absolute Gasteiger partial charge is 0.497 e. The summed E-state index contributed by atoms with van der Waals surface area (Å²) in [5.74, 6) is 0.0419. The number of nitrogens with one attached hydrogen (secondary N) is 1. The van der Waals surface area contributed by atoms with E-state index in [-0.39, 0.29) is 10.7 Å². The van der Waals surface area contributed by atoms with Gasteiger partial charge in [0.1, 0.15) is 17.1 Å². The summed E-state index contributed by atoms with van der Waals surface area (Å²) in [6.45, 7) is 0. The van der Waals surface area contributed by atoms with Gasteiger partial charge in [-0.1, -0.05) is 18.2 Å². The lowest BCUT2D eigenvalue weighted by atomic mass is 10.1. The van der Waals surface area contributed by atoms with Crippen molar-refractivity contribution in [3.8, 4) is 11.5 Å². The van der Waals surface area contributed by atoms with Crippen LogP contribution < -0.4 is 19.7 Å². The van der Waals surface area contributed by atoms with Crippen LogP contribution in [0.4, 0.5) is 5.69 Å². The first kappa shape index (κ1) is 17.6. The van der Waals surface area contributed by atoms with Gasteiger partial charge in [-0.2, -0.15) is 0 Å². The summed E-state index contributed by atoms with van der Waals surface area (Å²) in [4.78, 5) is 26.5. The Hall–Kier alpha value is -3.19. The predicted molar refractivity (Wildman–Crippen MR) is 102 cm³/mol. The van der Waals surface area contributed by atoms with Crippen molar-refractivity contribution in [3.63, 3.8) is 0 Å². The van der Waals surface area contributed by atoms with E-state index in [1.54, 1.807) is 49.6 Å². The summed E-state index contributed by atoms with van der Waals surface area (Å²) in [7, 11) is 3.05. The van der Waals surface area contributed by atoms with Crippen molar-refractivity contribution in [1.29, 1.82) is 0 Å². The van der Waals surface area contributed by atoms with E-state index in [9.17, 15) is 9.59 Å². The lowest BCUT2D eigenvalue weighted by Gasteiger charge is -2.28. The zero-order chi connectivity index (χ0) is 18.7. The van der Waals surface area contributed by atoms with E-state index in [1.165, 1.54) is 18.1 Å². The van der Waals surface area contributed by atoms with Crippen LogP contribution >= 0.6 is 12.2 Å². The van der Waals surface area contributed by atoms with Crippen molar-refractivity contribution in [3.05, 3.63) is 59.7 Å². The van der Waals surface area contributed by atoms with Crippen LogP contribution in [-0.4, -0.2) is 31.1 Å². The number of amides is 2. The summed E-state index contributed by atoms with van der Waals surface area (Å²) in [5, 5.41) is 2.60. The monoisotopic (exact) mass is 368 g/mol. The van der Waals surface area contributed by atoms with Crippen LogP contribution in [0.15, 0.2) is 54.1 Å². The highest BCUT2D eigenvalue weighted by Crippen LogP contribution is 2.28. The molecule has 6 nitrogen and oxygen atoms in total. The molecule has 132 valence electrons. The fourth-order valence-corrected chi connectivity index (χ4v) is 2.84. The quantitative estimate of drug-likeness (QED) is 0.510.